The van der Waals surface area contributed by atoms with Crippen LogP contribution in [0.3, 0.4) is 0 Å². The zero-order valence-corrected chi connectivity index (χ0v) is 16.5. The summed E-state index contributed by atoms with van der Waals surface area (Å²) in [6.45, 7) is 0. The fraction of sp³-hybridized carbons (Fsp3) is 0.105. The molecule has 0 aliphatic carbocycles. The molecule has 1 aliphatic heterocycles. The first kappa shape index (κ1) is 21.6. The molecule has 3 rings (SSSR count). The molecule has 2 amide bonds. The molecule has 0 radical (unpaired) electrons. The maximum Gasteiger partial charge on any atom is 0.278 e. The third-order valence-corrected chi connectivity index (χ3v) is 5.19. The normalized spacial score (nSPS) is 16.8. The van der Waals surface area contributed by atoms with Crippen molar-refractivity contribution in [3.05, 3.63) is 69.8 Å². The lowest BCUT2D eigenvalue weighted by atomic mass is 10.2. The summed E-state index contributed by atoms with van der Waals surface area (Å²) in [5.74, 6) is -2.37. The highest BCUT2D eigenvalue weighted by molar-refractivity contribution is 8.14. The van der Waals surface area contributed by atoms with Gasteiger partial charge in [0, 0.05) is 12.5 Å². The van der Waals surface area contributed by atoms with Crippen molar-refractivity contribution in [2.75, 3.05) is 4.90 Å². The third kappa shape index (κ3) is 4.93. The summed E-state index contributed by atoms with van der Waals surface area (Å²) in [6, 6.07) is 11.1. The van der Waals surface area contributed by atoms with Crippen molar-refractivity contribution < 1.29 is 24.4 Å². The number of amides is 2. The van der Waals surface area contributed by atoms with Crippen LogP contribution in [-0.4, -0.2) is 39.3 Å². The topological polar surface area (TPSA) is 171 Å². The van der Waals surface area contributed by atoms with E-state index in [-0.39, 0.29) is 34.1 Å². The number of nitro groups is 1. The number of carboxylic acids is 1. The van der Waals surface area contributed by atoms with Gasteiger partial charge in [0.25, 0.3) is 5.69 Å². The Morgan fingerprint density at radius 3 is 2.52 bits per heavy atom. The zero-order valence-electron chi connectivity index (χ0n) is 15.7. The lowest BCUT2D eigenvalue weighted by Crippen LogP contribution is -2.32. The van der Waals surface area contributed by atoms with Crippen molar-refractivity contribution in [1.29, 1.82) is 0 Å². The van der Waals surface area contributed by atoms with Crippen LogP contribution in [0, 0.1) is 10.1 Å². The molecule has 0 saturated carbocycles. The van der Waals surface area contributed by atoms with Crippen LogP contribution in [0.1, 0.15) is 22.3 Å². The van der Waals surface area contributed by atoms with Gasteiger partial charge in [-0.3, -0.25) is 19.7 Å². The molecule has 2 N–H and O–H groups in total. The van der Waals surface area contributed by atoms with E-state index in [9.17, 15) is 29.6 Å². The molecule has 11 nitrogen and oxygen atoms in total. The van der Waals surface area contributed by atoms with Crippen LogP contribution in [0.25, 0.3) is 0 Å². The Morgan fingerprint density at radius 2 is 1.87 bits per heavy atom. The Morgan fingerprint density at radius 1 is 1.19 bits per heavy atom. The number of rotatable bonds is 6. The van der Waals surface area contributed by atoms with Gasteiger partial charge in [0.05, 0.1) is 28.4 Å². The van der Waals surface area contributed by atoms with Crippen LogP contribution >= 0.6 is 11.8 Å². The Hall–Kier alpha value is -4.06. The molecule has 0 unspecified atom stereocenters. The van der Waals surface area contributed by atoms with E-state index in [1.165, 1.54) is 48.7 Å². The van der Waals surface area contributed by atoms with Crippen molar-refractivity contribution >= 4 is 52.3 Å². The molecule has 31 heavy (non-hydrogen) atoms. The van der Waals surface area contributed by atoms with Gasteiger partial charge in [0.1, 0.15) is 5.25 Å². The lowest BCUT2D eigenvalue weighted by Gasteiger charge is -2.15. The van der Waals surface area contributed by atoms with Gasteiger partial charge in [-0.25, -0.2) is 4.90 Å². The Bertz CT molecular complexity index is 1120. The van der Waals surface area contributed by atoms with Crippen molar-refractivity contribution in [3.8, 4) is 0 Å². The van der Waals surface area contributed by atoms with E-state index in [0.717, 1.165) is 16.7 Å². The van der Waals surface area contributed by atoms with E-state index < -0.39 is 28.0 Å². The van der Waals surface area contributed by atoms with Crippen LogP contribution in [0.2, 0.25) is 0 Å². The second-order valence-corrected chi connectivity index (χ2v) is 7.43. The van der Waals surface area contributed by atoms with Crippen molar-refractivity contribution in [1.82, 2.24) is 0 Å². The number of thioether (sulfide) groups is 1. The van der Waals surface area contributed by atoms with Crippen molar-refractivity contribution in [3.63, 3.8) is 0 Å². The van der Waals surface area contributed by atoms with Crippen LogP contribution in [0.5, 0.6) is 0 Å². The highest BCUT2D eigenvalue weighted by Gasteiger charge is 2.40. The Kier molecular flexibility index (Phi) is 6.40. The largest absolute Gasteiger partial charge is 0.545 e. The van der Waals surface area contributed by atoms with E-state index in [1.807, 2.05) is 0 Å². The molecule has 1 aliphatic rings. The van der Waals surface area contributed by atoms with Gasteiger partial charge in [-0.15, -0.1) is 5.10 Å². The smallest absolute Gasteiger partial charge is 0.278 e. The second kappa shape index (κ2) is 9.17. The summed E-state index contributed by atoms with van der Waals surface area (Å²) < 4.78 is 0. The minimum atomic E-state index is -1.37. The summed E-state index contributed by atoms with van der Waals surface area (Å²) >= 11 is 0.835. The molecule has 1 saturated heterocycles. The molecule has 158 valence electrons. The van der Waals surface area contributed by atoms with Crippen LogP contribution in [-0.2, 0) is 9.59 Å². The molecule has 0 aromatic heterocycles. The molecule has 2 aromatic rings. The standard InChI is InChI=1S/C19H15N5O6S/c20-19(22-21-10-12-3-1-2-4-14(12)24(29)30)31-15-9-16(25)23(17(15)26)13-7-5-11(6-8-13)18(27)28/h1-8,10,15H,9H2,(H2,20,22)(H,27,28)/p-1/b21-10-/t15-/m1/s1. The van der Waals surface area contributed by atoms with Gasteiger partial charge in [0.15, 0.2) is 5.17 Å². The number of nitrogens with zero attached hydrogens (tertiary/aromatic N) is 4. The summed E-state index contributed by atoms with van der Waals surface area (Å²) in [5, 5.41) is 28.3. The predicted molar refractivity (Wildman–Crippen MR) is 112 cm³/mol. The number of carbonyl (C=O) groups is 3. The average molecular weight is 440 g/mol. The summed E-state index contributed by atoms with van der Waals surface area (Å²) in [6.07, 6.45) is 1.04. The maximum atomic E-state index is 12.6. The van der Waals surface area contributed by atoms with Gasteiger partial charge < -0.3 is 15.6 Å². The number of anilines is 1. The number of imide groups is 1. The number of nitro benzene ring substituents is 1. The maximum absolute atomic E-state index is 12.6. The molecule has 0 spiro atoms. The first-order valence-electron chi connectivity index (χ1n) is 8.72. The molecule has 12 heteroatoms. The number of para-hydroxylation sites is 1. The number of carboxylic acid groups (broad SMARTS) is 1. The minimum Gasteiger partial charge on any atom is -0.545 e. The number of hydrogen-bond acceptors (Lipinski definition) is 9. The van der Waals surface area contributed by atoms with Crippen LogP contribution in [0.15, 0.2) is 58.7 Å². The van der Waals surface area contributed by atoms with Crippen LogP contribution in [0.4, 0.5) is 11.4 Å². The fourth-order valence-electron chi connectivity index (χ4n) is 2.79. The van der Waals surface area contributed by atoms with Gasteiger partial charge in [-0.2, -0.15) is 5.10 Å². The average Bonchev–Trinajstić information content (AvgIpc) is 3.01. The van der Waals surface area contributed by atoms with Crippen LogP contribution < -0.4 is 15.7 Å². The van der Waals surface area contributed by atoms with Crippen molar-refractivity contribution in [2.24, 2.45) is 15.9 Å². The number of amidine groups is 1. The zero-order chi connectivity index (χ0) is 22.5. The predicted octanol–water partition coefficient (Wildman–Crippen LogP) is 0.672. The Labute approximate surface area is 179 Å². The van der Waals surface area contributed by atoms with E-state index in [0.29, 0.717) is 0 Å². The number of benzene rings is 2. The molecule has 1 fully saturated rings. The number of nitrogens with two attached hydrogens (primary N) is 1. The van der Waals surface area contributed by atoms with Gasteiger partial charge in [-0.1, -0.05) is 36.0 Å². The van der Waals surface area contributed by atoms with Gasteiger partial charge >= 0.3 is 0 Å². The van der Waals surface area contributed by atoms with Gasteiger partial charge in [-0.05, 0) is 23.8 Å². The molecular weight excluding hydrogens is 426 g/mol. The number of carbonyl (C=O) groups excluding carboxylic acids is 3. The fourth-order valence-corrected chi connectivity index (χ4v) is 3.61. The van der Waals surface area contributed by atoms with Crippen molar-refractivity contribution in [2.45, 2.75) is 11.7 Å². The summed E-state index contributed by atoms with van der Waals surface area (Å²) in [4.78, 5) is 47.1. The molecule has 1 atom stereocenters. The first-order chi connectivity index (χ1) is 14.8. The molecule has 2 aromatic carbocycles. The first-order valence-corrected chi connectivity index (χ1v) is 9.60. The summed E-state index contributed by atoms with van der Waals surface area (Å²) in [5.41, 5.74) is 6.00. The number of aromatic carboxylic acids is 1. The van der Waals surface area contributed by atoms with E-state index >= 15 is 0 Å². The summed E-state index contributed by atoms with van der Waals surface area (Å²) in [7, 11) is 0. The van der Waals surface area contributed by atoms with Gasteiger partial charge in [0.2, 0.25) is 11.8 Å². The monoisotopic (exact) mass is 440 g/mol. The van der Waals surface area contributed by atoms with E-state index in [1.54, 1.807) is 6.07 Å². The third-order valence-electron chi connectivity index (χ3n) is 4.22. The number of hydrogen-bond donors (Lipinski definition) is 1. The highest BCUT2D eigenvalue weighted by atomic mass is 32.2. The van der Waals surface area contributed by atoms with E-state index in [4.69, 9.17) is 5.73 Å². The SMILES string of the molecule is NC(=N/N=C\c1ccccc1[N+](=O)[O-])S[C@@H]1CC(=O)N(c2ccc(C(=O)[O-])cc2)C1=O. The lowest BCUT2D eigenvalue weighted by molar-refractivity contribution is -0.385. The quantitative estimate of drug-likeness (QED) is 0.224. The second-order valence-electron chi connectivity index (χ2n) is 6.21. The molecular formula is C19H14N5O6S-. The highest BCUT2D eigenvalue weighted by Crippen LogP contribution is 2.30. The minimum absolute atomic E-state index is 0.0818. The Balaban J connectivity index is 1.69. The van der Waals surface area contributed by atoms with E-state index in [2.05, 4.69) is 10.2 Å². The molecule has 1 heterocycles. The molecule has 0 bridgehead atoms.